The van der Waals surface area contributed by atoms with Crippen molar-refractivity contribution in [2.24, 2.45) is 0 Å². The fourth-order valence-corrected chi connectivity index (χ4v) is 12.6. The van der Waals surface area contributed by atoms with Crippen molar-refractivity contribution < 1.29 is 0 Å². The largest absolute Gasteiger partial charge is 0.345 e. The molecule has 0 spiro atoms. The molecule has 0 bridgehead atoms. The SMILES string of the molecule is CCCCCCc1cccc([Si](Cn2ccnc2BC(c2ccccc2)c2ccccc2)(c2ccccc2)c2cccc(CCCCCC)c2)c1. The van der Waals surface area contributed by atoms with Crippen LogP contribution in [0.25, 0.3) is 0 Å². The molecule has 2 nitrogen and oxygen atoms in total. The molecule has 0 unspecified atom stereocenters. The number of imidazole rings is 1. The lowest BCUT2D eigenvalue weighted by Gasteiger charge is -2.35. The highest BCUT2D eigenvalue weighted by molar-refractivity contribution is 7.10. The number of aryl methyl sites for hydroxylation is 2. The van der Waals surface area contributed by atoms with Gasteiger partial charge in [0.15, 0.2) is 8.07 Å². The van der Waals surface area contributed by atoms with Crippen molar-refractivity contribution in [2.45, 2.75) is 90.0 Å². The van der Waals surface area contributed by atoms with Crippen LogP contribution in [0, 0.1) is 0 Å². The number of aromatic nitrogens is 2. The van der Waals surface area contributed by atoms with Gasteiger partial charge in [-0.25, -0.2) is 0 Å². The number of hydrogen-bond donors (Lipinski definition) is 0. The number of unbranched alkanes of at least 4 members (excludes halogenated alkanes) is 6. The van der Waals surface area contributed by atoms with E-state index < -0.39 is 8.07 Å². The maximum Gasteiger partial charge on any atom is 0.217 e. The summed E-state index contributed by atoms with van der Waals surface area (Å²) >= 11 is 0. The zero-order chi connectivity index (χ0) is 35.1. The summed E-state index contributed by atoms with van der Waals surface area (Å²) in [6, 6.07) is 52.8. The molecule has 6 aromatic rings. The van der Waals surface area contributed by atoms with Crippen molar-refractivity contribution in [1.29, 1.82) is 0 Å². The first-order chi connectivity index (χ1) is 25.2. The number of nitrogens with zero attached hydrogens (tertiary/aromatic N) is 2. The lowest BCUT2D eigenvalue weighted by atomic mass is 9.58. The van der Waals surface area contributed by atoms with Crippen LogP contribution in [0.15, 0.2) is 152 Å². The van der Waals surface area contributed by atoms with E-state index in [1.165, 1.54) is 89.2 Å². The van der Waals surface area contributed by atoms with Crippen LogP contribution in [0.2, 0.25) is 0 Å². The number of rotatable bonds is 19. The monoisotopic (exact) mass is 686 g/mol. The predicted octanol–water partition coefficient (Wildman–Crippen LogP) is 8.69. The van der Waals surface area contributed by atoms with Crippen LogP contribution in [0.5, 0.6) is 0 Å². The normalized spacial score (nSPS) is 11.6. The zero-order valence-corrected chi connectivity index (χ0v) is 31.9. The van der Waals surface area contributed by atoms with Gasteiger partial charge in [-0.1, -0.05) is 192 Å². The summed E-state index contributed by atoms with van der Waals surface area (Å²) < 4.78 is 2.51. The average molecular weight is 687 g/mol. The quantitative estimate of drug-likeness (QED) is 0.0474. The molecule has 0 saturated heterocycles. The molecule has 6 rings (SSSR count). The minimum Gasteiger partial charge on any atom is -0.345 e. The number of hydrogen-bond acceptors (Lipinski definition) is 1. The Bertz CT molecular complexity index is 1790. The molecule has 0 aliphatic carbocycles. The van der Waals surface area contributed by atoms with Gasteiger partial charge >= 0.3 is 0 Å². The second kappa shape index (κ2) is 18.7. The van der Waals surface area contributed by atoms with Gasteiger partial charge in [-0.05, 0) is 69.3 Å². The van der Waals surface area contributed by atoms with Gasteiger partial charge in [-0.15, -0.1) is 0 Å². The molecule has 0 atom stereocenters. The smallest absolute Gasteiger partial charge is 0.217 e. The Hall–Kier alpha value is -4.41. The Morgan fingerprint density at radius 3 is 1.55 bits per heavy atom. The third-order valence-electron chi connectivity index (χ3n) is 10.7. The molecule has 0 N–H and O–H groups in total. The molecule has 0 saturated carbocycles. The lowest BCUT2D eigenvalue weighted by Crippen LogP contribution is -2.70. The molecule has 0 radical (unpaired) electrons. The average Bonchev–Trinajstić information content (AvgIpc) is 3.63. The minimum absolute atomic E-state index is 0.222. The standard InChI is InChI=1S/C47H55BN2Si/c1-3-5-7-12-22-39-24-20-32-44(36-39)51(43-30-18-11-19-31-43,45-33-21-25-40(37-45)23-13-8-6-4-2)38-50-35-34-49-47(50)48-46(41-26-14-9-15-27-41)42-28-16-10-17-29-42/h9-11,14-21,24-37,46,48H,3-8,12-13,22-23,38H2,1-2H3. The van der Waals surface area contributed by atoms with Gasteiger partial charge in [-0.3, -0.25) is 4.98 Å². The molecule has 0 amide bonds. The van der Waals surface area contributed by atoms with Gasteiger partial charge in [0.05, 0.1) is 5.72 Å². The van der Waals surface area contributed by atoms with E-state index in [2.05, 4.69) is 164 Å². The third kappa shape index (κ3) is 9.29. The molecular weight excluding hydrogens is 631 g/mol. The summed E-state index contributed by atoms with van der Waals surface area (Å²) in [4.78, 5) is 5.11. The lowest BCUT2D eigenvalue weighted by molar-refractivity contribution is 0.667. The van der Waals surface area contributed by atoms with E-state index in [1.807, 2.05) is 6.20 Å². The second-order valence-corrected chi connectivity index (χ2v) is 18.2. The first-order valence-corrected chi connectivity index (χ1v) is 21.8. The highest BCUT2D eigenvalue weighted by atomic mass is 28.3. The van der Waals surface area contributed by atoms with Crippen molar-refractivity contribution in [3.63, 3.8) is 0 Å². The van der Waals surface area contributed by atoms with Crippen LogP contribution in [0.1, 0.15) is 93.3 Å². The molecule has 5 aromatic carbocycles. The van der Waals surface area contributed by atoms with Crippen molar-refractivity contribution in [3.05, 3.63) is 174 Å². The molecule has 0 fully saturated rings. The molecule has 51 heavy (non-hydrogen) atoms. The van der Waals surface area contributed by atoms with Crippen LogP contribution < -0.4 is 21.3 Å². The highest BCUT2D eigenvalue weighted by Gasteiger charge is 2.41. The molecular formula is C47H55BN2Si. The van der Waals surface area contributed by atoms with E-state index >= 15 is 0 Å². The van der Waals surface area contributed by atoms with E-state index in [4.69, 9.17) is 4.98 Å². The van der Waals surface area contributed by atoms with Gasteiger partial charge < -0.3 is 4.57 Å². The van der Waals surface area contributed by atoms with Gasteiger partial charge in [0.25, 0.3) is 0 Å². The molecule has 0 aliphatic heterocycles. The maximum absolute atomic E-state index is 5.11. The van der Waals surface area contributed by atoms with Gasteiger partial charge in [0, 0.05) is 18.6 Å². The first-order valence-electron chi connectivity index (χ1n) is 19.6. The van der Waals surface area contributed by atoms with Crippen LogP contribution in [-0.4, -0.2) is 24.9 Å². The zero-order valence-electron chi connectivity index (χ0n) is 30.9. The van der Waals surface area contributed by atoms with Crippen LogP contribution >= 0.6 is 0 Å². The topological polar surface area (TPSA) is 17.8 Å². The minimum atomic E-state index is -2.62. The predicted molar refractivity (Wildman–Crippen MR) is 223 cm³/mol. The fourth-order valence-electron chi connectivity index (χ4n) is 7.90. The summed E-state index contributed by atoms with van der Waals surface area (Å²) in [6.07, 6.45) is 17.7. The highest BCUT2D eigenvalue weighted by Crippen LogP contribution is 2.24. The van der Waals surface area contributed by atoms with Crippen molar-refractivity contribution >= 4 is 36.6 Å². The Kier molecular flexibility index (Phi) is 13.4. The van der Waals surface area contributed by atoms with Crippen molar-refractivity contribution in [3.8, 4) is 0 Å². The molecule has 1 aromatic heterocycles. The number of benzene rings is 5. The third-order valence-corrected chi connectivity index (χ3v) is 15.5. The maximum atomic E-state index is 5.11. The van der Waals surface area contributed by atoms with Crippen LogP contribution in [-0.2, 0) is 19.0 Å². The van der Waals surface area contributed by atoms with E-state index in [9.17, 15) is 0 Å². The van der Waals surface area contributed by atoms with E-state index in [0.717, 1.165) is 32.0 Å². The first kappa shape index (κ1) is 36.4. The fraction of sp³-hybridized carbons (Fsp3) is 0.298. The summed E-state index contributed by atoms with van der Waals surface area (Å²) in [6.45, 7) is 4.59. The Balaban J connectivity index is 1.46. The molecule has 260 valence electrons. The summed E-state index contributed by atoms with van der Waals surface area (Å²) in [5.74, 6) is 0.222. The molecule has 1 heterocycles. The Morgan fingerprint density at radius 1 is 0.549 bits per heavy atom. The second-order valence-electron chi connectivity index (χ2n) is 14.3. The van der Waals surface area contributed by atoms with Gasteiger partial charge in [-0.2, -0.15) is 0 Å². The Labute approximate surface area is 309 Å². The summed E-state index contributed by atoms with van der Waals surface area (Å²) in [5, 5.41) is 4.44. The molecule has 0 aliphatic rings. The Morgan fingerprint density at radius 2 is 1.04 bits per heavy atom. The van der Waals surface area contributed by atoms with Crippen molar-refractivity contribution in [2.75, 3.05) is 0 Å². The van der Waals surface area contributed by atoms with E-state index in [1.54, 1.807) is 0 Å². The van der Waals surface area contributed by atoms with Gasteiger partial charge in [0.1, 0.15) is 0 Å². The summed E-state index contributed by atoms with van der Waals surface area (Å²) in [7, 11) is -1.78. The van der Waals surface area contributed by atoms with Crippen LogP contribution in [0.4, 0.5) is 0 Å². The van der Waals surface area contributed by atoms with Gasteiger partial charge in [0.2, 0.25) is 7.28 Å². The van der Waals surface area contributed by atoms with Crippen molar-refractivity contribution in [1.82, 2.24) is 9.55 Å². The van der Waals surface area contributed by atoms with Crippen LogP contribution in [0.3, 0.4) is 0 Å². The molecule has 4 heteroatoms. The van der Waals surface area contributed by atoms with E-state index in [-0.39, 0.29) is 5.82 Å². The van der Waals surface area contributed by atoms with E-state index in [0.29, 0.717) is 0 Å². The summed E-state index contributed by atoms with van der Waals surface area (Å²) in [5.41, 5.74) is 6.73.